The van der Waals surface area contributed by atoms with Crippen molar-refractivity contribution in [3.63, 3.8) is 0 Å². The first-order chi connectivity index (χ1) is 11.1. The van der Waals surface area contributed by atoms with E-state index in [0.717, 1.165) is 36.8 Å². The summed E-state index contributed by atoms with van der Waals surface area (Å²) in [4.78, 5) is 24.1. The van der Waals surface area contributed by atoms with Gasteiger partial charge in [-0.1, -0.05) is 0 Å². The van der Waals surface area contributed by atoms with E-state index in [1.54, 1.807) is 11.3 Å². The number of imidazole rings is 1. The van der Waals surface area contributed by atoms with E-state index < -0.39 is 0 Å². The molecule has 120 valence electrons. The third-order valence-electron chi connectivity index (χ3n) is 4.10. The van der Waals surface area contributed by atoms with Crippen LogP contribution < -0.4 is 11.5 Å². The minimum absolute atomic E-state index is 0.148. The van der Waals surface area contributed by atoms with E-state index in [9.17, 15) is 0 Å². The molecule has 3 aromatic heterocycles. The molecule has 1 aliphatic heterocycles. The standard InChI is InChI=1S/C14H18N8S/c1-7-5-17-9(23-7)6-22-4-2-3-8(22)12-18-10-11(15)19-14(16)21-13(10)20-12/h5,8H,2-4,6H2,1H3,(H5,15,16,18,19,20,21). The first-order valence-electron chi connectivity index (χ1n) is 7.54. The smallest absolute Gasteiger partial charge is 0.224 e. The molecule has 4 heterocycles. The van der Waals surface area contributed by atoms with Crippen LogP contribution in [0.15, 0.2) is 6.20 Å². The average molecular weight is 330 g/mol. The van der Waals surface area contributed by atoms with Crippen molar-refractivity contribution in [2.45, 2.75) is 32.4 Å². The van der Waals surface area contributed by atoms with E-state index in [-0.39, 0.29) is 12.0 Å². The van der Waals surface area contributed by atoms with Gasteiger partial charge in [0.05, 0.1) is 12.6 Å². The summed E-state index contributed by atoms with van der Waals surface area (Å²) >= 11 is 1.74. The topological polar surface area (TPSA) is 123 Å². The SMILES string of the molecule is Cc1cnc(CN2CCCC2c2nc3nc(N)nc(N)c3[nH]2)s1. The lowest BCUT2D eigenvalue weighted by Crippen LogP contribution is -2.23. The van der Waals surface area contributed by atoms with E-state index in [4.69, 9.17) is 11.5 Å². The van der Waals surface area contributed by atoms with Crippen molar-refractivity contribution in [3.8, 4) is 0 Å². The van der Waals surface area contributed by atoms with Gasteiger partial charge >= 0.3 is 0 Å². The Balaban J connectivity index is 1.64. The van der Waals surface area contributed by atoms with Gasteiger partial charge in [0, 0.05) is 11.1 Å². The molecule has 5 N–H and O–H groups in total. The van der Waals surface area contributed by atoms with Crippen molar-refractivity contribution in [1.82, 2.24) is 29.8 Å². The second-order valence-electron chi connectivity index (χ2n) is 5.78. The Kier molecular flexibility index (Phi) is 3.38. The van der Waals surface area contributed by atoms with E-state index in [0.29, 0.717) is 17.0 Å². The average Bonchev–Trinajstić information content (AvgIpc) is 3.19. The number of nitrogen functional groups attached to an aromatic ring is 2. The molecule has 1 unspecified atom stereocenters. The normalized spacial score (nSPS) is 18.9. The molecule has 0 saturated carbocycles. The molecule has 1 aliphatic rings. The van der Waals surface area contributed by atoms with Crippen molar-refractivity contribution >= 4 is 34.3 Å². The summed E-state index contributed by atoms with van der Waals surface area (Å²) in [7, 11) is 0. The first-order valence-corrected chi connectivity index (χ1v) is 8.36. The number of nitrogens with two attached hydrogens (primary N) is 2. The largest absolute Gasteiger partial charge is 0.382 e. The summed E-state index contributed by atoms with van der Waals surface area (Å²) in [5.41, 5.74) is 12.7. The van der Waals surface area contributed by atoms with Crippen molar-refractivity contribution in [1.29, 1.82) is 0 Å². The molecule has 0 radical (unpaired) electrons. The van der Waals surface area contributed by atoms with Gasteiger partial charge in [-0.3, -0.25) is 4.90 Å². The quantitative estimate of drug-likeness (QED) is 0.666. The molecule has 0 amide bonds. The highest BCUT2D eigenvalue weighted by Crippen LogP contribution is 2.33. The number of rotatable bonds is 3. The van der Waals surface area contributed by atoms with Crippen LogP contribution in [-0.4, -0.2) is 36.4 Å². The summed E-state index contributed by atoms with van der Waals surface area (Å²) in [5, 5.41) is 1.13. The number of hydrogen-bond donors (Lipinski definition) is 3. The van der Waals surface area contributed by atoms with Crippen molar-refractivity contribution in [2.75, 3.05) is 18.0 Å². The molecule has 0 aromatic carbocycles. The number of fused-ring (bicyclic) bond motifs is 1. The lowest BCUT2D eigenvalue weighted by Gasteiger charge is -2.21. The number of hydrogen-bond acceptors (Lipinski definition) is 8. The minimum atomic E-state index is 0.148. The number of aromatic nitrogens is 5. The van der Waals surface area contributed by atoms with Gasteiger partial charge in [-0.25, -0.2) is 9.97 Å². The summed E-state index contributed by atoms with van der Waals surface area (Å²) < 4.78 is 0. The maximum atomic E-state index is 5.91. The molecular weight excluding hydrogens is 312 g/mol. The molecule has 8 nitrogen and oxygen atoms in total. The third kappa shape index (κ3) is 2.62. The number of aryl methyl sites for hydroxylation is 1. The molecule has 1 saturated heterocycles. The van der Waals surface area contributed by atoms with Gasteiger partial charge in [0.15, 0.2) is 11.5 Å². The number of likely N-dealkylation sites (tertiary alicyclic amines) is 1. The molecule has 0 aliphatic carbocycles. The molecule has 0 spiro atoms. The fourth-order valence-electron chi connectivity index (χ4n) is 3.09. The molecule has 4 rings (SSSR count). The number of nitrogens with one attached hydrogen (secondary N) is 1. The van der Waals surface area contributed by atoms with Crippen LogP contribution in [0.25, 0.3) is 11.2 Å². The minimum Gasteiger partial charge on any atom is -0.382 e. The van der Waals surface area contributed by atoms with Gasteiger partial charge < -0.3 is 16.5 Å². The van der Waals surface area contributed by atoms with Crippen LogP contribution in [0.5, 0.6) is 0 Å². The van der Waals surface area contributed by atoms with Crippen LogP contribution in [0.1, 0.15) is 34.6 Å². The van der Waals surface area contributed by atoms with Gasteiger partial charge in [0.2, 0.25) is 5.95 Å². The summed E-state index contributed by atoms with van der Waals surface area (Å²) in [5.74, 6) is 1.36. The first kappa shape index (κ1) is 14.3. The second-order valence-corrected chi connectivity index (χ2v) is 7.10. The molecular formula is C14H18N8S. The highest BCUT2D eigenvalue weighted by atomic mass is 32.1. The van der Waals surface area contributed by atoms with Crippen LogP contribution >= 0.6 is 11.3 Å². The van der Waals surface area contributed by atoms with Crippen LogP contribution in [-0.2, 0) is 6.54 Å². The highest BCUT2D eigenvalue weighted by molar-refractivity contribution is 7.11. The highest BCUT2D eigenvalue weighted by Gasteiger charge is 2.29. The maximum absolute atomic E-state index is 5.91. The monoisotopic (exact) mass is 330 g/mol. The molecule has 0 bridgehead atoms. The predicted molar refractivity (Wildman–Crippen MR) is 89.7 cm³/mol. The van der Waals surface area contributed by atoms with E-state index in [1.165, 1.54) is 4.88 Å². The van der Waals surface area contributed by atoms with Gasteiger partial charge in [0.25, 0.3) is 0 Å². The number of anilines is 2. The van der Waals surface area contributed by atoms with Crippen LogP contribution in [0.4, 0.5) is 11.8 Å². The number of thiazole rings is 1. The summed E-state index contributed by atoms with van der Waals surface area (Å²) in [6.45, 7) is 3.95. The van der Waals surface area contributed by atoms with Crippen LogP contribution in [0.3, 0.4) is 0 Å². The van der Waals surface area contributed by atoms with Crippen molar-refractivity contribution in [2.24, 2.45) is 0 Å². The Morgan fingerprint density at radius 1 is 1.35 bits per heavy atom. The summed E-state index contributed by atoms with van der Waals surface area (Å²) in [6, 6.07) is 0.217. The Hall–Kier alpha value is -2.26. The van der Waals surface area contributed by atoms with Gasteiger partial charge in [0.1, 0.15) is 16.3 Å². The Bertz CT molecular complexity index is 854. The van der Waals surface area contributed by atoms with Crippen molar-refractivity contribution in [3.05, 3.63) is 21.9 Å². The zero-order valence-corrected chi connectivity index (χ0v) is 13.6. The van der Waals surface area contributed by atoms with Crippen LogP contribution in [0, 0.1) is 6.92 Å². The fourth-order valence-corrected chi connectivity index (χ4v) is 3.90. The second kappa shape index (κ2) is 5.43. The fraction of sp³-hybridized carbons (Fsp3) is 0.429. The van der Waals surface area contributed by atoms with Crippen molar-refractivity contribution < 1.29 is 0 Å². The molecule has 1 fully saturated rings. The Morgan fingerprint density at radius 2 is 2.22 bits per heavy atom. The zero-order chi connectivity index (χ0) is 16.0. The molecule has 3 aromatic rings. The van der Waals surface area contributed by atoms with Crippen LogP contribution in [0.2, 0.25) is 0 Å². The molecule has 1 atom stereocenters. The summed E-state index contributed by atoms with van der Waals surface area (Å²) in [6.07, 6.45) is 4.10. The van der Waals surface area contributed by atoms with E-state index in [1.807, 2.05) is 6.20 Å². The third-order valence-corrected chi connectivity index (χ3v) is 5.00. The number of H-pyrrole nitrogens is 1. The van der Waals surface area contributed by atoms with E-state index >= 15 is 0 Å². The predicted octanol–water partition coefficient (Wildman–Crippen LogP) is 1.62. The number of nitrogens with zero attached hydrogens (tertiary/aromatic N) is 5. The van der Waals surface area contributed by atoms with E-state index in [2.05, 4.69) is 36.7 Å². The lowest BCUT2D eigenvalue weighted by atomic mass is 10.2. The van der Waals surface area contributed by atoms with Gasteiger partial charge in [-0.15, -0.1) is 11.3 Å². The maximum Gasteiger partial charge on any atom is 0.224 e. The Labute approximate surface area is 137 Å². The van der Waals surface area contributed by atoms with Gasteiger partial charge in [-0.2, -0.15) is 9.97 Å². The Morgan fingerprint density at radius 3 is 3.00 bits per heavy atom. The van der Waals surface area contributed by atoms with Gasteiger partial charge in [-0.05, 0) is 26.3 Å². The number of aromatic amines is 1. The molecule has 23 heavy (non-hydrogen) atoms. The molecule has 9 heteroatoms. The zero-order valence-electron chi connectivity index (χ0n) is 12.8. The lowest BCUT2D eigenvalue weighted by molar-refractivity contribution is 0.241.